The second-order valence-corrected chi connectivity index (χ2v) is 7.63. The van der Waals surface area contributed by atoms with Gasteiger partial charge in [0.2, 0.25) is 5.91 Å². The largest absolute Gasteiger partial charge is 0.480 e. The van der Waals surface area contributed by atoms with Crippen molar-refractivity contribution >= 4 is 40.4 Å². The molecule has 1 aromatic carbocycles. The maximum atomic E-state index is 11.8. The van der Waals surface area contributed by atoms with Crippen molar-refractivity contribution in [2.75, 3.05) is 26.2 Å². The molecular weight excluding hydrogens is 463 g/mol. The van der Waals surface area contributed by atoms with Gasteiger partial charge >= 0.3 is 11.9 Å². The molecule has 0 saturated carbocycles. The van der Waals surface area contributed by atoms with Gasteiger partial charge in [0.1, 0.15) is 0 Å². The van der Waals surface area contributed by atoms with Crippen LogP contribution in [-0.4, -0.2) is 59.1 Å². The monoisotopic (exact) mass is 490 g/mol. The van der Waals surface area contributed by atoms with Gasteiger partial charge in [-0.05, 0) is 72.5 Å². The van der Waals surface area contributed by atoms with Crippen molar-refractivity contribution in [2.24, 2.45) is 0 Å². The maximum Gasteiger partial charge on any atom is 0.317 e. The minimum atomic E-state index is -1.03. The van der Waals surface area contributed by atoms with Crippen molar-refractivity contribution in [1.29, 1.82) is 0 Å². The number of benzene rings is 1. The van der Waals surface area contributed by atoms with E-state index < -0.39 is 11.9 Å². The van der Waals surface area contributed by atoms with Gasteiger partial charge in [-0.25, -0.2) is 0 Å². The van der Waals surface area contributed by atoms with Crippen molar-refractivity contribution in [3.05, 3.63) is 33.4 Å². The predicted octanol–water partition coefficient (Wildman–Crippen LogP) is 2.37. The van der Waals surface area contributed by atoms with E-state index in [-0.39, 0.29) is 19.0 Å². The highest BCUT2D eigenvalue weighted by atomic mass is 127. The fourth-order valence-corrected chi connectivity index (χ4v) is 3.01. The zero-order chi connectivity index (χ0) is 20.1. The Balaban J connectivity index is 2.07. The van der Waals surface area contributed by atoms with Crippen LogP contribution < -0.4 is 5.32 Å². The quantitative estimate of drug-likeness (QED) is 0.273. The maximum absolute atomic E-state index is 11.8. The molecule has 3 N–H and O–H groups in total. The average Bonchev–Trinajstić information content (AvgIpc) is 2.58. The van der Waals surface area contributed by atoms with E-state index in [1.807, 2.05) is 0 Å². The lowest BCUT2D eigenvalue weighted by Gasteiger charge is -2.17. The summed E-state index contributed by atoms with van der Waals surface area (Å²) in [6.07, 6.45) is 4.48. The number of carboxylic acid groups (broad SMARTS) is 2. The normalized spacial score (nSPS) is 10.7. The fourth-order valence-electron chi connectivity index (χ4n) is 2.65. The molecule has 1 rings (SSSR count). The molecule has 1 aromatic rings. The number of carbonyl (C=O) groups is 3. The molecule has 0 unspecified atom stereocenters. The van der Waals surface area contributed by atoms with E-state index in [4.69, 9.17) is 10.2 Å². The first-order valence-electron chi connectivity index (χ1n) is 9.04. The van der Waals surface area contributed by atoms with Gasteiger partial charge in [-0.3, -0.25) is 19.3 Å². The van der Waals surface area contributed by atoms with E-state index in [0.29, 0.717) is 25.9 Å². The molecule has 0 spiro atoms. The SMILES string of the molecule is O=C(O)CN(CCCCCNC(=O)CCCc1ccc(I)cc1)CC(=O)O. The van der Waals surface area contributed by atoms with Crippen molar-refractivity contribution in [2.45, 2.75) is 38.5 Å². The Labute approximate surface area is 173 Å². The molecule has 7 nitrogen and oxygen atoms in total. The number of aryl methyl sites for hydroxylation is 1. The topological polar surface area (TPSA) is 107 Å². The second-order valence-electron chi connectivity index (χ2n) is 6.39. The number of aliphatic carboxylic acids is 2. The molecule has 1 amide bonds. The van der Waals surface area contributed by atoms with Gasteiger partial charge in [0, 0.05) is 16.5 Å². The number of unbranched alkanes of at least 4 members (excludes halogenated alkanes) is 2. The first-order valence-corrected chi connectivity index (χ1v) is 10.1. The van der Waals surface area contributed by atoms with E-state index >= 15 is 0 Å². The van der Waals surface area contributed by atoms with Gasteiger partial charge in [-0.2, -0.15) is 0 Å². The summed E-state index contributed by atoms with van der Waals surface area (Å²) in [6, 6.07) is 8.28. The third-order valence-electron chi connectivity index (χ3n) is 3.97. The number of nitrogens with one attached hydrogen (secondary N) is 1. The van der Waals surface area contributed by atoms with Gasteiger partial charge in [-0.1, -0.05) is 18.6 Å². The van der Waals surface area contributed by atoms with Crippen molar-refractivity contribution in [3.8, 4) is 0 Å². The van der Waals surface area contributed by atoms with Gasteiger partial charge in [0.15, 0.2) is 0 Å². The Morgan fingerprint density at radius 1 is 0.926 bits per heavy atom. The van der Waals surface area contributed by atoms with Crippen LogP contribution in [0.1, 0.15) is 37.7 Å². The summed E-state index contributed by atoms with van der Waals surface area (Å²) in [5, 5.41) is 20.4. The summed E-state index contributed by atoms with van der Waals surface area (Å²) in [5.41, 5.74) is 1.23. The Hall–Kier alpha value is -1.68. The van der Waals surface area contributed by atoms with Crippen LogP contribution in [0.5, 0.6) is 0 Å². The molecule has 0 radical (unpaired) electrons. The summed E-state index contributed by atoms with van der Waals surface area (Å²) in [7, 11) is 0. The van der Waals surface area contributed by atoms with Crippen molar-refractivity contribution in [1.82, 2.24) is 10.2 Å². The number of amides is 1. The summed E-state index contributed by atoms with van der Waals surface area (Å²) in [4.78, 5) is 34.6. The van der Waals surface area contributed by atoms with E-state index in [1.54, 1.807) is 0 Å². The zero-order valence-electron chi connectivity index (χ0n) is 15.3. The van der Waals surface area contributed by atoms with E-state index in [1.165, 1.54) is 14.0 Å². The van der Waals surface area contributed by atoms with Crippen LogP contribution in [0.2, 0.25) is 0 Å². The van der Waals surface area contributed by atoms with Crippen molar-refractivity contribution < 1.29 is 24.6 Å². The first-order chi connectivity index (χ1) is 12.9. The smallest absolute Gasteiger partial charge is 0.317 e. The predicted molar refractivity (Wildman–Crippen MR) is 111 cm³/mol. The summed E-state index contributed by atoms with van der Waals surface area (Å²) < 4.78 is 1.20. The van der Waals surface area contributed by atoms with Crippen LogP contribution in [0.25, 0.3) is 0 Å². The summed E-state index contributed by atoms with van der Waals surface area (Å²) in [6.45, 7) is 0.454. The number of hydrogen-bond acceptors (Lipinski definition) is 4. The molecule has 0 atom stereocenters. The van der Waals surface area contributed by atoms with Crippen LogP contribution in [0.3, 0.4) is 0 Å². The number of carboxylic acids is 2. The Morgan fingerprint density at radius 3 is 2.15 bits per heavy atom. The Morgan fingerprint density at radius 2 is 1.56 bits per heavy atom. The highest BCUT2D eigenvalue weighted by molar-refractivity contribution is 14.1. The van der Waals surface area contributed by atoms with Crippen LogP contribution in [0.15, 0.2) is 24.3 Å². The number of halogens is 1. The summed E-state index contributed by atoms with van der Waals surface area (Å²) >= 11 is 2.26. The molecule has 0 heterocycles. The van der Waals surface area contributed by atoms with Gasteiger partial charge < -0.3 is 15.5 Å². The zero-order valence-corrected chi connectivity index (χ0v) is 17.5. The van der Waals surface area contributed by atoms with Crippen LogP contribution in [-0.2, 0) is 20.8 Å². The van der Waals surface area contributed by atoms with E-state index in [0.717, 1.165) is 25.7 Å². The average molecular weight is 490 g/mol. The first kappa shape index (κ1) is 23.4. The lowest BCUT2D eigenvalue weighted by molar-refractivity contribution is -0.141. The molecule has 0 aliphatic carbocycles. The fraction of sp³-hybridized carbons (Fsp3) is 0.526. The number of nitrogens with zero attached hydrogens (tertiary/aromatic N) is 1. The summed E-state index contributed by atoms with van der Waals surface area (Å²) in [5.74, 6) is -2.03. The van der Waals surface area contributed by atoms with Crippen LogP contribution in [0.4, 0.5) is 0 Å². The van der Waals surface area contributed by atoms with Gasteiger partial charge in [-0.15, -0.1) is 0 Å². The third kappa shape index (κ3) is 12.4. The molecule has 150 valence electrons. The van der Waals surface area contributed by atoms with Crippen molar-refractivity contribution in [3.63, 3.8) is 0 Å². The minimum Gasteiger partial charge on any atom is -0.480 e. The molecule has 0 aliphatic heterocycles. The van der Waals surface area contributed by atoms with Crippen LogP contribution in [0, 0.1) is 3.57 Å². The number of carbonyl (C=O) groups excluding carboxylic acids is 1. The Kier molecular flexibility index (Phi) is 11.7. The lowest BCUT2D eigenvalue weighted by Crippen LogP contribution is -2.35. The molecule has 0 aromatic heterocycles. The number of rotatable bonds is 14. The standard InChI is InChI=1S/C19H27IN2O5/c20-16-9-7-15(8-10-16)5-4-6-17(23)21-11-2-1-3-12-22(13-18(24)25)14-19(26)27/h7-10H,1-6,11-14H2,(H,21,23)(H,24,25)(H,26,27). The molecule has 0 aliphatic rings. The molecule has 0 fully saturated rings. The van der Waals surface area contributed by atoms with Crippen LogP contribution >= 0.6 is 22.6 Å². The minimum absolute atomic E-state index is 0.0406. The molecule has 0 saturated heterocycles. The van der Waals surface area contributed by atoms with Gasteiger partial charge in [0.05, 0.1) is 13.1 Å². The second kappa shape index (κ2) is 13.5. The molecule has 8 heteroatoms. The molecule has 27 heavy (non-hydrogen) atoms. The number of hydrogen-bond donors (Lipinski definition) is 3. The van der Waals surface area contributed by atoms with E-state index in [9.17, 15) is 14.4 Å². The Bertz CT molecular complexity index is 591. The third-order valence-corrected chi connectivity index (χ3v) is 4.69. The lowest BCUT2D eigenvalue weighted by atomic mass is 10.1. The molecular formula is C19H27IN2O5. The highest BCUT2D eigenvalue weighted by Crippen LogP contribution is 2.09. The highest BCUT2D eigenvalue weighted by Gasteiger charge is 2.12. The molecule has 0 bridgehead atoms. The van der Waals surface area contributed by atoms with Gasteiger partial charge in [0.25, 0.3) is 0 Å². The van der Waals surface area contributed by atoms with E-state index in [2.05, 4.69) is 52.2 Å².